The molecule has 0 radical (unpaired) electrons. The van der Waals surface area contributed by atoms with Crippen LogP contribution in [-0.4, -0.2) is 10.1 Å². The normalized spacial score (nSPS) is 14.6. The van der Waals surface area contributed by atoms with Crippen molar-refractivity contribution in [3.63, 3.8) is 0 Å². The van der Waals surface area contributed by atoms with Gasteiger partial charge in [0.05, 0.1) is 5.54 Å². The van der Waals surface area contributed by atoms with Crippen molar-refractivity contribution < 1.29 is 4.52 Å². The van der Waals surface area contributed by atoms with Gasteiger partial charge in [-0.2, -0.15) is 4.98 Å². The molecule has 0 aliphatic heterocycles. The van der Waals surface area contributed by atoms with Gasteiger partial charge < -0.3 is 10.3 Å². The Bertz CT molecular complexity index is 505. The van der Waals surface area contributed by atoms with Crippen LogP contribution in [-0.2, 0) is 5.54 Å². The minimum atomic E-state index is -0.537. The smallest absolute Gasteiger partial charge is 0.257 e. The SMILES string of the molecule is CCC(C)(N)c1noc(-c2ccc(I)cc2)n1. The Morgan fingerprint density at radius 2 is 2.00 bits per heavy atom. The van der Waals surface area contributed by atoms with E-state index in [1.165, 1.54) is 3.57 Å². The molecular formula is C12H14IN3O. The summed E-state index contributed by atoms with van der Waals surface area (Å²) in [6, 6.07) is 7.92. The van der Waals surface area contributed by atoms with Crippen molar-refractivity contribution in [2.45, 2.75) is 25.8 Å². The molecule has 1 atom stereocenters. The number of benzene rings is 1. The molecule has 1 aromatic heterocycles. The van der Waals surface area contributed by atoms with E-state index >= 15 is 0 Å². The van der Waals surface area contributed by atoms with E-state index in [2.05, 4.69) is 32.7 Å². The fourth-order valence-corrected chi connectivity index (χ4v) is 1.68. The second-order valence-corrected chi connectivity index (χ2v) is 5.45. The molecule has 2 N–H and O–H groups in total. The van der Waals surface area contributed by atoms with Gasteiger partial charge in [-0.1, -0.05) is 12.1 Å². The van der Waals surface area contributed by atoms with Gasteiger partial charge in [0, 0.05) is 9.13 Å². The summed E-state index contributed by atoms with van der Waals surface area (Å²) >= 11 is 2.25. The molecule has 0 amide bonds. The number of hydrogen-bond acceptors (Lipinski definition) is 4. The van der Waals surface area contributed by atoms with Gasteiger partial charge in [-0.25, -0.2) is 0 Å². The number of hydrogen-bond donors (Lipinski definition) is 1. The van der Waals surface area contributed by atoms with Gasteiger partial charge in [0.15, 0.2) is 5.82 Å². The number of aromatic nitrogens is 2. The molecule has 0 saturated heterocycles. The zero-order valence-corrected chi connectivity index (χ0v) is 11.9. The van der Waals surface area contributed by atoms with Crippen molar-refractivity contribution in [2.75, 3.05) is 0 Å². The van der Waals surface area contributed by atoms with E-state index < -0.39 is 5.54 Å². The highest BCUT2D eigenvalue weighted by Crippen LogP contribution is 2.23. The topological polar surface area (TPSA) is 64.9 Å². The van der Waals surface area contributed by atoms with Gasteiger partial charge in [-0.15, -0.1) is 0 Å². The predicted octanol–water partition coefficient (Wildman–Crippen LogP) is 2.93. The van der Waals surface area contributed by atoms with E-state index in [4.69, 9.17) is 10.3 Å². The lowest BCUT2D eigenvalue weighted by molar-refractivity contribution is 0.379. The van der Waals surface area contributed by atoms with Crippen LogP contribution in [0.25, 0.3) is 11.5 Å². The minimum Gasteiger partial charge on any atom is -0.334 e. The number of halogens is 1. The molecular weight excluding hydrogens is 329 g/mol. The van der Waals surface area contributed by atoms with Crippen LogP contribution >= 0.6 is 22.6 Å². The number of nitrogens with two attached hydrogens (primary N) is 1. The fraction of sp³-hybridized carbons (Fsp3) is 0.333. The van der Waals surface area contributed by atoms with E-state index in [1.807, 2.05) is 38.1 Å². The quantitative estimate of drug-likeness (QED) is 0.871. The van der Waals surface area contributed by atoms with Crippen LogP contribution in [0.1, 0.15) is 26.1 Å². The molecule has 0 aliphatic rings. The number of nitrogens with zero attached hydrogens (tertiary/aromatic N) is 2. The third-order valence-corrected chi connectivity index (χ3v) is 3.48. The summed E-state index contributed by atoms with van der Waals surface area (Å²) in [5, 5.41) is 3.94. The third-order valence-electron chi connectivity index (χ3n) is 2.76. The molecule has 5 heteroatoms. The lowest BCUT2D eigenvalue weighted by Crippen LogP contribution is -2.33. The van der Waals surface area contributed by atoms with Crippen LogP contribution in [0.2, 0.25) is 0 Å². The minimum absolute atomic E-state index is 0.515. The molecule has 17 heavy (non-hydrogen) atoms. The largest absolute Gasteiger partial charge is 0.334 e. The van der Waals surface area contributed by atoms with Gasteiger partial charge in [-0.05, 0) is 60.2 Å². The molecule has 0 aliphatic carbocycles. The lowest BCUT2D eigenvalue weighted by atomic mass is 10.0. The van der Waals surface area contributed by atoms with Crippen LogP contribution in [0.15, 0.2) is 28.8 Å². The summed E-state index contributed by atoms with van der Waals surface area (Å²) in [7, 11) is 0. The van der Waals surface area contributed by atoms with Crippen LogP contribution in [0.5, 0.6) is 0 Å². The predicted molar refractivity (Wildman–Crippen MR) is 74.3 cm³/mol. The fourth-order valence-electron chi connectivity index (χ4n) is 1.32. The van der Waals surface area contributed by atoms with Crippen LogP contribution < -0.4 is 5.73 Å². The van der Waals surface area contributed by atoms with Crippen molar-refractivity contribution >= 4 is 22.6 Å². The molecule has 0 fully saturated rings. The summed E-state index contributed by atoms with van der Waals surface area (Å²) < 4.78 is 6.40. The van der Waals surface area contributed by atoms with Crippen molar-refractivity contribution in [3.8, 4) is 11.5 Å². The summed E-state index contributed by atoms with van der Waals surface area (Å²) in [4.78, 5) is 4.35. The summed E-state index contributed by atoms with van der Waals surface area (Å²) in [6.45, 7) is 3.90. The molecule has 4 nitrogen and oxygen atoms in total. The van der Waals surface area contributed by atoms with Gasteiger partial charge in [0.1, 0.15) is 0 Å². The van der Waals surface area contributed by atoms with Gasteiger partial charge in [0.25, 0.3) is 5.89 Å². The van der Waals surface area contributed by atoms with Gasteiger partial charge in [-0.3, -0.25) is 0 Å². The molecule has 1 aromatic carbocycles. The van der Waals surface area contributed by atoms with Crippen molar-refractivity contribution in [3.05, 3.63) is 33.7 Å². The average Bonchev–Trinajstić information content (AvgIpc) is 2.80. The Morgan fingerprint density at radius 1 is 1.35 bits per heavy atom. The first-order valence-corrected chi connectivity index (χ1v) is 6.50. The van der Waals surface area contributed by atoms with Gasteiger partial charge in [0.2, 0.25) is 0 Å². The molecule has 1 heterocycles. The first kappa shape index (κ1) is 12.5. The second kappa shape index (κ2) is 4.73. The van der Waals surface area contributed by atoms with Crippen molar-refractivity contribution in [2.24, 2.45) is 5.73 Å². The van der Waals surface area contributed by atoms with Crippen molar-refractivity contribution in [1.29, 1.82) is 0 Å². The monoisotopic (exact) mass is 343 g/mol. The maximum absolute atomic E-state index is 6.07. The Morgan fingerprint density at radius 3 is 2.59 bits per heavy atom. The van der Waals surface area contributed by atoms with E-state index in [1.54, 1.807) is 0 Å². The standard InChI is InChI=1S/C12H14IN3O/c1-3-12(2,14)11-15-10(17-16-11)8-4-6-9(13)7-5-8/h4-7H,3,14H2,1-2H3. The van der Waals surface area contributed by atoms with Crippen LogP contribution in [0, 0.1) is 3.57 Å². The lowest BCUT2D eigenvalue weighted by Gasteiger charge is -2.16. The first-order valence-electron chi connectivity index (χ1n) is 5.42. The van der Waals surface area contributed by atoms with E-state index in [-0.39, 0.29) is 0 Å². The molecule has 0 saturated carbocycles. The third kappa shape index (κ3) is 2.66. The van der Waals surface area contributed by atoms with Gasteiger partial charge >= 0.3 is 0 Å². The molecule has 2 rings (SSSR count). The number of rotatable bonds is 3. The Kier molecular flexibility index (Phi) is 3.48. The highest BCUT2D eigenvalue weighted by Gasteiger charge is 2.25. The highest BCUT2D eigenvalue weighted by atomic mass is 127. The van der Waals surface area contributed by atoms with Crippen LogP contribution in [0.4, 0.5) is 0 Å². The molecule has 90 valence electrons. The van der Waals surface area contributed by atoms with E-state index in [0.717, 1.165) is 12.0 Å². The maximum atomic E-state index is 6.07. The maximum Gasteiger partial charge on any atom is 0.257 e. The first-order chi connectivity index (χ1) is 8.03. The Balaban J connectivity index is 2.33. The molecule has 0 bridgehead atoms. The molecule has 0 spiro atoms. The summed E-state index contributed by atoms with van der Waals surface area (Å²) in [5.41, 5.74) is 6.44. The zero-order chi connectivity index (χ0) is 12.5. The highest BCUT2D eigenvalue weighted by molar-refractivity contribution is 14.1. The molecule has 1 unspecified atom stereocenters. The second-order valence-electron chi connectivity index (χ2n) is 4.20. The van der Waals surface area contributed by atoms with Crippen LogP contribution in [0.3, 0.4) is 0 Å². The van der Waals surface area contributed by atoms with E-state index in [0.29, 0.717) is 11.7 Å². The Labute approximate surface area is 114 Å². The van der Waals surface area contributed by atoms with E-state index in [9.17, 15) is 0 Å². The Hall–Kier alpha value is -0.950. The summed E-state index contributed by atoms with van der Waals surface area (Å²) in [5.74, 6) is 1.06. The zero-order valence-electron chi connectivity index (χ0n) is 9.77. The van der Waals surface area contributed by atoms with Crippen molar-refractivity contribution in [1.82, 2.24) is 10.1 Å². The average molecular weight is 343 g/mol. The molecule has 2 aromatic rings. The summed E-state index contributed by atoms with van der Waals surface area (Å²) in [6.07, 6.45) is 0.763.